The summed E-state index contributed by atoms with van der Waals surface area (Å²) in [5.74, 6) is 0.960. The molecular weight excluding hydrogens is 250 g/mol. The highest BCUT2D eigenvalue weighted by atomic mass is 15.5. The Labute approximate surface area is 123 Å². The highest BCUT2D eigenvalue weighted by molar-refractivity contribution is 4.79. The Kier molecular flexibility index (Phi) is 10.1. The molecule has 1 rings (SSSR count). The second-order valence-corrected chi connectivity index (χ2v) is 5.47. The van der Waals surface area contributed by atoms with Gasteiger partial charge in [0.05, 0.1) is 6.54 Å². The number of aryl methyl sites for hydroxylation is 1. The Bertz CT molecular complexity index is 324. The third-order valence-corrected chi connectivity index (χ3v) is 3.54. The molecule has 0 aliphatic rings. The van der Waals surface area contributed by atoms with E-state index in [4.69, 9.17) is 0 Å². The largest absolute Gasteiger partial charge is 0.310 e. The summed E-state index contributed by atoms with van der Waals surface area (Å²) >= 11 is 0. The first kappa shape index (κ1) is 17.1. The standard InChI is InChI=1S/C15H31N5/c1-3-5-6-7-8-9-10-11-13-20-15(17-18-19-20)14-16-12-4-2/h16H,3-14H2,1-2H3. The van der Waals surface area contributed by atoms with Gasteiger partial charge in [0.15, 0.2) is 5.82 Å². The lowest BCUT2D eigenvalue weighted by molar-refractivity contribution is 0.490. The van der Waals surface area contributed by atoms with E-state index in [1.807, 2.05) is 4.68 Å². The minimum absolute atomic E-state index is 0.776. The summed E-state index contributed by atoms with van der Waals surface area (Å²) in [5, 5.41) is 15.3. The monoisotopic (exact) mass is 281 g/mol. The molecule has 0 aromatic carbocycles. The molecule has 0 unspecified atom stereocenters. The lowest BCUT2D eigenvalue weighted by Gasteiger charge is -2.05. The van der Waals surface area contributed by atoms with Crippen LogP contribution in [0.2, 0.25) is 0 Å². The smallest absolute Gasteiger partial charge is 0.165 e. The Hall–Kier alpha value is -0.970. The number of nitrogens with one attached hydrogen (secondary N) is 1. The van der Waals surface area contributed by atoms with Crippen molar-refractivity contribution >= 4 is 0 Å². The molecule has 0 bridgehead atoms. The molecule has 0 aliphatic carbocycles. The number of nitrogens with zero attached hydrogens (tertiary/aromatic N) is 4. The summed E-state index contributed by atoms with van der Waals surface area (Å²) < 4.78 is 1.94. The van der Waals surface area contributed by atoms with E-state index >= 15 is 0 Å². The minimum Gasteiger partial charge on any atom is -0.310 e. The van der Waals surface area contributed by atoms with Crippen molar-refractivity contribution in [2.24, 2.45) is 0 Å². The Morgan fingerprint density at radius 2 is 1.60 bits per heavy atom. The van der Waals surface area contributed by atoms with Gasteiger partial charge in [-0.1, -0.05) is 58.8 Å². The average Bonchev–Trinajstić information content (AvgIpc) is 2.90. The molecule has 0 saturated heterocycles. The molecule has 1 aromatic rings. The van der Waals surface area contributed by atoms with E-state index in [2.05, 4.69) is 34.7 Å². The van der Waals surface area contributed by atoms with Crippen LogP contribution >= 0.6 is 0 Å². The molecule has 0 spiro atoms. The van der Waals surface area contributed by atoms with Gasteiger partial charge in [0, 0.05) is 6.54 Å². The zero-order chi connectivity index (χ0) is 14.5. The van der Waals surface area contributed by atoms with Crippen molar-refractivity contribution in [2.75, 3.05) is 6.54 Å². The Morgan fingerprint density at radius 1 is 0.900 bits per heavy atom. The fourth-order valence-electron chi connectivity index (χ4n) is 2.30. The van der Waals surface area contributed by atoms with E-state index in [1.54, 1.807) is 0 Å². The van der Waals surface area contributed by atoms with Crippen LogP contribution in [0.5, 0.6) is 0 Å². The molecule has 0 aliphatic heterocycles. The zero-order valence-electron chi connectivity index (χ0n) is 13.3. The van der Waals surface area contributed by atoms with Crippen LogP contribution < -0.4 is 5.32 Å². The predicted molar refractivity (Wildman–Crippen MR) is 82.4 cm³/mol. The van der Waals surface area contributed by atoms with Crippen LogP contribution in [-0.4, -0.2) is 26.8 Å². The van der Waals surface area contributed by atoms with Crippen molar-refractivity contribution < 1.29 is 0 Å². The molecule has 0 amide bonds. The molecule has 1 N–H and O–H groups in total. The molecule has 20 heavy (non-hydrogen) atoms. The number of tetrazole rings is 1. The number of aromatic nitrogens is 4. The van der Waals surface area contributed by atoms with Crippen molar-refractivity contribution in [3.63, 3.8) is 0 Å². The van der Waals surface area contributed by atoms with Gasteiger partial charge >= 0.3 is 0 Å². The molecule has 5 heteroatoms. The van der Waals surface area contributed by atoms with Gasteiger partial charge < -0.3 is 5.32 Å². The fourth-order valence-corrected chi connectivity index (χ4v) is 2.30. The SMILES string of the molecule is CCCCCCCCCCn1nnnc1CNCCC. The summed E-state index contributed by atoms with van der Waals surface area (Å²) in [7, 11) is 0. The van der Waals surface area contributed by atoms with Gasteiger partial charge in [-0.25, -0.2) is 4.68 Å². The maximum absolute atomic E-state index is 4.08. The minimum atomic E-state index is 0.776. The summed E-state index contributed by atoms with van der Waals surface area (Å²) in [6, 6.07) is 0. The highest BCUT2D eigenvalue weighted by Crippen LogP contribution is 2.09. The normalized spacial score (nSPS) is 11.1. The predicted octanol–water partition coefficient (Wildman–Crippen LogP) is 3.31. The van der Waals surface area contributed by atoms with Crippen LogP contribution in [-0.2, 0) is 13.1 Å². The van der Waals surface area contributed by atoms with Gasteiger partial charge in [-0.2, -0.15) is 0 Å². The van der Waals surface area contributed by atoms with Crippen LogP contribution in [0.4, 0.5) is 0 Å². The van der Waals surface area contributed by atoms with Crippen molar-refractivity contribution in [3.8, 4) is 0 Å². The van der Waals surface area contributed by atoms with Crippen LogP contribution in [0, 0.1) is 0 Å². The van der Waals surface area contributed by atoms with E-state index < -0.39 is 0 Å². The second kappa shape index (κ2) is 11.8. The van der Waals surface area contributed by atoms with Crippen molar-refractivity contribution in [1.82, 2.24) is 25.5 Å². The van der Waals surface area contributed by atoms with Gasteiger partial charge in [0.25, 0.3) is 0 Å². The molecule has 0 radical (unpaired) electrons. The van der Waals surface area contributed by atoms with Gasteiger partial charge in [-0.15, -0.1) is 5.10 Å². The van der Waals surface area contributed by atoms with Crippen molar-refractivity contribution in [3.05, 3.63) is 5.82 Å². The molecule has 1 aromatic heterocycles. The molecule has 5 nitrogen and oxygen atoms in total. The second-order valence-electron chi connectivity index (χ2n) is 5.47. The quantitative estimate of drug-likeness (QED) is 0.564. The zero-order valence-corrected chi connectivity index (χ0v) is 13.3. The van der Waals surface area contributed by atoms with Crippen LogP contribution in [0.15, 0.2) is 0 Å². The molecule has 0 saturated carbocycles. The van der Waals surface area contributed by atoms with E-state index in [-0.39, 0.29) is 0 Å². The van der Waals surface area contributed by atoms with E-state index in [0.717, 1.165) is 31.9 Å². The van der Waals surface area contributed by atoms with Crippen LogP contribution in [0.25, 0.3) is 0 Å². The summed E-state index contributed by atoms with van der Waals surface area (Å²) in [6.45, 7) is 7.17. The molecule has 0 atom stereocenters. The van der Waals surface area contributed by atoms with Gasteiger partial charge in [-0.05, 0) is 29.8 Å². The summed E-state index contributed by atoms with van der Waals surface area (Å²) in [5.41, 5.74) is 0. The maximum atomic E-state index is 4.08. The summed E-state index contributed by atoms with van der Waals surface area (Å²) in [6.07, 6.45) is 11.8. The molecule has 0 fully saturated rings. The molecular formula is C15H31N5. The third kappa shape index (κ3) is 7.58. The lowest BCUT2D eigenvalue weighted by atomic mass is 10.1. The van der Waals surface area contributed by atoms with Crippen molar-refractivity contribution in [1.29, 1.82) is 0 Å². The summed E-state index contributed by atoms with van der Waals surface area (Å²) in [4.78, 5) is 0. The average molecular weight is 281 g/mol. The number of hydrogen-bond donors (Lipinski definition) is 1. The number of hydrogen-bond acceptors (Lipinski definition) is 4. The van der Waals surface area contributed by atoms with E-state index in [1.165, 1.54) is 51.4 Å². The number of rotatable bonds is 13. The molecule has 116 valence electrons. The van der Waals surface area contributed by atoms with Gasteiger partial charge in [0.2, 0.25) is 0 Å². The van der Waals surface area contributed by atoms with E-state index in [9.17, 15) is 0 Å². The topological polar surface area (TPSA) is 55.6 Å². The highest BCUT2D eigenvalue weighted by Gasteiger charge is 2.04. The van der Waals surface area contributed by atoms with Crippen LogP contribution in [0.1, 0.15) is 77.5 Å². The third-order valence-electron chi connectivity index (χ3n) is 3.54. The van der Waals surface area contributed by atoms with Gasteiger partial charge in [0.1, 0.15) is 0 Å². The van der Waals surface area contributed by atoms with Crippen molar-refractivity contribution in [2.45, 2.75) is 84.7 Å². The van der Waals surface area contributed by atoms with E-state index in [0.29, 0.717) is 0 Å². The number of unbranched alkanes of at least 4 members (excludes halogenated alkanes) is 7. The van der Waals surface area contributed by atoms with Crippen LogP contribution in [0.3, 0.4) is 0 Å². The Morgan fingerprint density at radius 3 is 2.30 bits per heavy atom. The lowest BCUT2D eigenvalue weighted by Crippen LogP contribution is -2.18. The first-order valence-electron chi connectivity index (χ1n) is 8.34. The Balaban J connectivity index is 2.05. The first-order valence-corrected chi connectivity index (χ1v) is 8.34. The maximum Gasteiger partial charge on any atom is 0.165 e. The van der Waals surface area contributed by atoms with Gasteiger partial charge in [-0.3, -0.25) is 0 Å². The molecule has 1 heterocycles. The first-order chi connectivity index (χ1) is 9.88. The fraction of sp³-hybridized carbons (Fsp3) is 0.933.